The SMILES string of the molecule is CC.CC.CC.CC.CC.CC.CCCc1nc2c(c(N3CCCCC3)n1)C=CC2.CCCc1nc2c(c(N3CCCCC3)n1)CC=C2.C[B]C.C[B]C.[B]C.[B]C. The Labute approximate surface area is 369 Å². The van der Waals surface area contributed by atoms with Crippen molar-refractivity contribution in [3.05, 3.63) is 46.3 Å². The lowest BCUT2D eigenvalue weighted by Crippen LogP contribution is -2.31. The van der Waals surface area contributed by atoms with Crippen LogP contribution in [0.1, 0.15) is 182 Å². The summed E-state index contributed by atoms with van der Waals surface area (Å²) in [6, 6.07) is 0. The Kier molecular flexibility index (Phi) is 63.2. The number of anilines is 2. The van der Waals surface area contributed by atoms with Gasteiger partial charge in [0.2, 0.25) is 0 Å². The van der Waals surface area contributed by atoms with Crippen LogP contribution < -0.4 is 9.80 Å². The molecule has 2 aromatic rings. The summed E-state index contributed by atoms with van der Waals surface area (Å²) in [6.07, 6.45) is 22.9. The fourth-order valence-electron chi connectivity index (χ4n) is 5.71. The Morgan fingerprint density at radius 1 is 0.500 bits per heavy atom. The highest BCUT2D eigenvalue weighted by Gasteiger charge is 2.22. The second-order valence-electron chi connectivity index (χ2n) is 11.6. The van der Waals surface area contributed by atoms with Crippen molar-refractivity contribution in [3.8, 4) is 0 Å². The van der Waals surface area contributed by atoms with Crippen molar-refractivity contribution in [2.24, 2.45) is 0 Å². The van der Waals surface area contributed by atoms with Crippen molar-refractivity contribution >= 4 is 54.0 Å². The van der Waals surface area contributed by atoms with Crippen molar-refractivity contribution < 1.29 is 0 Å². The van der Waals surface area contributed by atoms with Crippen molar-refractivity contribution in [2.75, 3.05) is 36.0 Å². The van der Waals surface area contributed by atoms with Crippen LogP contribution in [-0.4, -0.2) is 76.4 Å². The minimum Gasteiger partial charge on any atom is -0.356 e. The zero-order valence-electron chi connectivity index (χ0n) is 42.6. The van der Waals surface area contributed by atoms with Crippen molar-refractivity contribution in [3.63, 3.8) is 0 Å². The molecule has 4 heterocycles. The van der Waals surface area contributed by atoms with Crippen molar-refractivity contribution in [1.82, 2.24) is 19.9 Å². The van der Waals surface area contributed by atoms with Gasteiger partial charge in [0.15, 0.2) is 0 Å². The third-order valence-electron chi connectivity index (χ3n) is 7.57. The molecule has 6 nitrogen and oxygen atoms in total. The molecular weight excluding hydrogens is 704 g/mol. The molecule has 2 aromatic heterocycles. The first-order valence-electron chi connectivity index (χ1n) is 23.9. The lowest BCUT2D eigenvalue weighted by Gasteiger charge is -2.29. The van der Waals surface area contributed by atoms with Crippen LogP contribution in [0.3, 0.4) is 0 Å². The van der Waals surface area contributed by atoms with Gasteiger partial charge in [-0.05, 0) is 63.9 Å². The summed E-state index contributed by atoms with van der Waals surface area (Å²) >= 11 is 0. The summed E-state index contributed by atoms with van der Waals surface area (Å²) in [5.41, 5.74) is 5.01. The molecule has 0 unspecified atom stereocenters. The highest BCUT2D eigenvalue weighted by Crippen LogP contribution is 2.30. The van der Waals surface area contributed by atoms with Gasteiger partial charge in [-0.1, -0.05) is 156 Å². The lowest BCUT2D eigenvalue weighted by molar-refractivity contribution is 0.570. The summed E-state index contributed by atoms with van der Waals surface area (Å²) in [4.78, 5) is 24.0. The highest BCUT2D eigenvalue weighted by molar-refractivity contribution is 6.31. The van der Waals surface area contributed by atoms with Crippen LogP contribution in [0.5, 0.6) is 0 Å². The van der Waals surface area contributed by atoms with Gasteiger partial charge in [-0.15, -0.1) is 0 Å². The average molecular weight is 801 g/mol. The standard InChI is InChI=1S/2C15H21N3.2C2H6B.6C2H6.2CH3B/c2*1-2-7-14-16-13-9-6-8-12(13)15(17-14)18-10-4-3-5-11-18;2*1-3-2;8*1-2/h6,9H,2-5,7-8,10-11H2,1H3;6,8H,2-5,7,9-11H2,1H3;2*1-2H3;6*1-2H3;2*1H3. The van der Waals surface area contributed by atoms with Crippen LogP contribution in [0, 0.1) is 0 Å². The normalized spacial score (nSPS) is 12.6. The number of aryl methyl sites for hydroxylation is 2. The van der Waals surface area contributed by atoms with E-state index in [9.17, 15) is 0 Å². The summed E-state index contributed by atoms with van der Waals surface area (Å²) in [6.45, 7) is 44.0. The van der Waals surface area contributed by atoms with Gasteiger partial charge in [-0.25, -0.2) is 19.9 Å². The van der Waals surface area contributed by atoms with Crippen LogP contribution in [-0.2, 0) is 25.7 Å². The van der Waals surface area contributed by atoms with Crippen LogP contribution in [0.25, 0.3) is 12.2 Å². The molecule has 0 N–H and O–H groups in total. The van der Waals surface area contributed by atoms with Gasteiger partial charge in [0.05, 0.1) is 27.1 Å². The Hall–Kier alpha value is -2.50. The van der Waals surface area contributed by atoms with E-state index in [0.29, 0.717) is 0 Å². The van der Waals surface area contributed by atoms with Crippen LogP contribution in [0.2, 0.25) is 40.9 Å². The first-order chi connectivity index (χ1) is 28.6. The number of hydrogen-bond donors (Lipinski definition) is 0. The zero-order chi connectivity index (χ0) is 46.2. The van der Waals surface area contributed by atoms with Gasteiger partial charge < -0.3 is 9.80 Å². The van der Waals surface area contributed by atoms with E-state index in [1.165, 1.54) is 80.6 Å². The number of rotatable bonds is 6. The molecule has 2 aliphatic carbocycles. The maximum Gasteiger partial charge on any atom is 0.139 e. The number of hydrogen-bond acceptors (Lipinski definition) is 6. The van der Waals surface area contributed by atoms with Gasteiger partial charge in [0.25, 0.3) is 0 Å². The Morgan fingerprint density at radius 3 is 1.28 bits per heavy atom. The molecule has 0 atom stereocenters. The predicted molar refractivity (Wildman–Crippen MR) is 276 cm³/mol. The Morgan fingerprint density at radius 2 is 0.862 bits per heavy atom. The third-order valence-corrected chi connectivity index (χ3v) is 7.57. The molecule has 0 amide bonds. The van der Waals surface area contributed by atoms with E-state index in [1.807, 2.05) is 125 Å². The molecule has 4 aliphatic rings. The van der Waals surface area contributed by atoms with Gasteiger partial charge in [-0.2, -0.15) is 0 Å². The molecule has 2 fully saturated rings. The largest absolute Gasteiger partial charge is 0.356 e. The van der Waals surface area contributed by atoms with E-state index in [2.05, 4.69) is 68.6 Å². The number of allylic oxidation sites excluding steroid dienone is 2. The van der Waals surface area contributed by atoms with Crippen LogP contribution in [0.15, 0.2) is 12.2 Å². The van der Waals surface area contributed by atoms with E-state index in [-0.39, 0.29) is 0 Å². The van der Waals surface area contributed by atoms with Crippen molar-refractivity contribution in [2.45, 2.75) is 215 Å². The predicted octanol–water partition coefficient (Wildman–Crippen LogP) is 14.1. The summed E-state index contributed by atoms with van der Waals surface area (Å²) in [5.74, 6) is 4.45. The molecular formula is C48H96B4N6. The lowest BCUT2D eigenvalue weighted by atomic mass is 9.88. The number of fused-ring (bicyclic) bond motifs is 2. The summed E-state index contributed by atoms with van der Waals surface area (Å²) in [5, 5.41) is 0. The molecule has 6 rings (SSSR count). The molecule has 2 aliphatic heterocycles. The van der Waals surface area contributed by atoms with Gasteiger partial charge >= 0.3 is 0 Å². The maximum atomic E-state index is 4.83. The fourth-order valence-corrected chi connectivity index (χ4v) is 5.71. The van der Waals surface area contributed by atoms with E-state index in [1.54, 1.807) is 0 Å². The van der Waals surface area contributed by atoms with E-state index >= 15 is 0 Å². The molecule has 6 radical (unpaired) electrons. The summed E-state index contributed by atoms with van der Waals surface area (Å²) < 4.78 is 0. The van der Waals surface area contributed by atoms with Crippen LogP contribution >= 0.6 is 0 Å². The number of nitrogens with zero attached hydrogens (tertiary/aromatic N) is 6. The Bertz CT molecular complexity index is 1150. The summed E-state index contributed by atoms with van der Waals surface area (Å²) in [7, 11) is 13.0. The van der Waals surface area contributed by atoms with Crippen LogP contribution in [0.4, 0.5) is 11.6 Å². The number of aromatic nitrogens is 4. The average Bonchev–Trinajstić information content (AvgIpc) is 4.01. The molecule has 0 bridgehead atoms. The maximum absolute atomic E-state index is 4.83. The molecule has 58 heavy (non-hydrogen) atoms. The minimum absolute atomic E-state index is 0.982. The second-order valence-corrected chi connectivity index (χ2v) is 11.6. The van der Waals surface area contributed by atoms with E-state index in [4.69, 9.17) is 15.0 Å². The molecule has 0 saturated carbocycles. The van der Waals surface area contributed by atoms with Gasteiger partial charge in [0, 0.05) is 56.6 Å². The zero-order valence-corrected chi connectivity index (χ0v) is 42.6. The first kappa shape index (κ1) is 67.3. The topological polar surface area (TPSA) is 58.0 Å². The highest BCUT2D eigenvalue weighted by atomic mass is 15.2. The minimum atomic E-state index is 0.982. The van der Waals surface area contributed by atoms with Crippen molar-refractivity contribution in [1.29, 1.82) is 0 Å². The third kappa shape index (κ3) is 28.8. The quantitative estimate of drug-likeness (QED) is 0.271. The molecule has 0 spiro atoms. The van der Waals surface area contributed by atoms with E-state index < -0.39 is 0 Å². The first-order valence-corrected chi connectivity index (χ1v) is 23.9. The van der Waals surface area contributed by atoms with Gasteiger partial charge in [-0.3, -0.25) is 0 Å². The fraction of sp³-hybridized carbons (Fsp3) is 0.750. The molecule has 10 heteroatoms. The molecule has 330 valence electrons. The second kappa shape index (κ2) is 54.5. The van der Waals surface area contributed by atoms with Gasteiger partial charge in [0.1, 0.15) is 37.8 Å². The smallest absolute Gasteiger partial charge is 0.139 e. The Balaban J connectivity index is -0.000000158. The monoisotopic (exact) mass is 801 g/mol. The van der Waals surface area contributed by atoms with E-state index in [0.717, 1.165) is 82.0 Å². The number of piperidine rings is 2. The molecule has 0 aromatic carbocycles. The molecule has 2 saturated heterocycles.